The van der Waals surface area contributed by atoms with E-state index in [1.54, 1.807) is 11.3 Å². The van der Waals surface area contributed by atoms with Crippen molar-refractivity contribution in [3.8, 4) is 0 Å². The van der Waals surface area contributed by atoms with Crippen molar-refractivity contribution in [2.24, 2.45) is 0 Å². The van der Waals surface area contributed by atoms with Crippen molar-refractivity contribution in [3.05, 3.63) is 40.4 Å². The molecule has 0 aliphatic heterocycles. The molecule has 114 valence electrons. The summed E-state index contributed by atoms with van der Waals surface area (Å²) in [6.45, 7) is 11.6. The molecule has 0 atom stereocenters. The molecule has 0 radical (unpaired) electrons. The Morgan fingerprint density at radius 1 is 1.24 bits per heavy atom. The predicted molar refractivity (Wildman–Crippen MR) is 92.7 cm³/mol. The van der Waals surface area contributed by atoms with Crippen LogP contribution in [0.15, 0.2) is 24.3 Å². The summed E-state index contributed by atoms with van der Waals surface area (Å²) in [5, 5.41) is 4.58. The number of benzene rings is 1. The number of rotatable bonds is 4. The van der Waals surface area contributed by atoms with E-state index in [4.69, 9.17) is 4.98 Å². The number of aromatic nitrogens is 1. The van der Waals surface area contributed by atoms with Crippen molar-refractivity contribution in [1.82, 2.24) is 10.3 Å². The van der Waals surface area contributed by atoms with Gasteiger partial charge in [-0.05, 0) is 52.3 Å². The van der Waals surface area contributed by atoms with Crippen LogP contribution >= 0.6 is 11.3 Å². The molecule has 0 spiro atoms. The number of nitrogens with one attached hydrogen (secondary N) is 1. The van der Waals surface area contributed by atoms with Crippen LogP contribution in [0, 0.1) is 13.8 Å². The van der Waals surface area contributed by atoms with Gasteiger partial charge in [0, 0.05) is 29.7 Å². The number of hydrogen-bond donors (Lipinski definition) is 1. The number of aryl methyl sites for hydroxylation is 2. The van der Waals surface area contributed by atoms with Gasteiger partial charge in [0.15, 0.2) is 5.13 Å². The minimum atomic E-state index is 0.124. The lowest BCUT2D eigenvalue weighted by atomic mass is 10.1. The van der Waals surface area contributed by atoms with Gasteiger partial charge in [-0.3, -0.25) is 0 Å². The Balaban J connectivity index is 2.18. The summed E-state index contributed by atoms with van der Waals surface area (Å²) in [4.78, 5) is 8.18. The number of thiazole rings is 1. The van der Waals surface area contributed by atoms with E-state index < -0.39 is 0 Å². The third-order valence-electron chi connectivity index (χ3n) is 3.34. The van der Waals surface area contributed by atoms with Crippen LogP contribution < -0.4 is 10.2 Å². The molecule has 2 aromatic rings. The Labute approximate surface area is 132 Å². The molecule has 0 saturated carbocycles. The first kappa shape index (κ1) is 16.0. The van der Waals surface area contributed by atoms with Crippen LogP contribution in [0.3, 0.4) is 0 Å². The Morgan fingerprint density at radius 2 is 1.95 bits per heavy atom. The molecule has 0 bridgehead atoms. The molecular weight excluding hydrogens is 278 g/mol. The van der Waals surface area contributed by atoms with E-state index in [-0.39, 0.29) is 5.54 Å². The summed E-state index contributed by atoms with van der Waals surface area (Å²) in [5.74, 6) is 0. The smallest absolute Gasteiger partial charge is 0.190 e. The summed E-state index contributed by atoms with van der Waals surface area (Å²) >= 11 is 1.76. The van der Waals surface area contributed by atoms with Crippen molar-refractivity contribution in [2.45, 2.75) is 46.7 Å². The van der Waals surface area contributed by atoms with Gasteiger partial charge >= 0.3 is 0 Å². The van der Waals surface area contributed by atoms with Crippen LogP contribution in [0.2, 0.25) is 0 Å². The zero-order valence-corrected chi connectivity index (χ0v) is 14.6. The molecule has 0 aliphatic carbocycles. The van der Waals surface area contributed by atoms with Crippen molar-refractivity contribution in [2.75, 3.05) is 11.9 Å². The monoisotopic (exact) mass is 303 g/mol. The Bertz CT molecular complexity index is 611. The molecule has 3 nitrogen and oxygen atoms in total. The van der Waals surface area contributed by atoms with E-state index in [0.29, 0.717) is 0 Å². The Morgan fingerprint density at radius 3 is 2.57 bits per heavy atom. The van der Waals surface area contributed by atoms with E-state index in [9.17, 15) is 0 Å². The molecule has 21 heavy (non-hydrogen) atoms. The standard InChI is InChI=1S/C17H25N3S/c1-12-8-7-9-14(10-12)20(6)16-19-13(2)15(21-16)11-18-17(3,4)5/h7-10,18H,11H2,1-6H3. The molecule has 0 unspecified atom stereocenters. The highest BCUT2D eigenvalue weighted by Crippen LogP contribution is 2.30. The molecule has 0 amide bonds. The van der Waals surface area contributed by atoms with Gasteiger partial charge in [-0.15, -0.1) is 0 Å². The molecule has 0 saturated heterocycles. The fourth-order valence-electron chi connectivity index (χ4n) is 2.01. The normalized spacial score (nSPS) is 11.7. The molecule has 4 heteroatoms. The van der Waals surface area contributed by atoms with Crippen LogP contribution in [0.25, 0.3) is 0 Å². The molecule has 0 aliphatic rings. The van der Waals surface area contributed by atoms with Gasteiger partial charge in [0.2, 0.25) is 0 Å². The summed E-state index contributed by atoms with van der Waals surface area (Å²) in [6.07, 6.45) is 0. The van der Waals surface area contributed by atoms with E-state index in [2.05, 4.69) is 76.1 Å². The quantitative estimate of drug-likeness (QED) is 0.906. The highest BCUT2D eigenvalue weighted by atomic mass is 32.1. The number of hydrogen-bond acceptors (Lipinski definition) is 4. The van der Waals surface area contributed by atoms with Gasteiger partial charge in [-0.2, -0.15) is 0 Å². The minimum absolute atomic E-state index is 0.124. The van der Waals surface area contributed by atoms with Crippen molar-refractivity contribution in [3.63, 3.8) is 0 Å². The van der Waals surface area contributed by atoms with Gasteiger partial charge in [0.05, 0.1) is 5.69 Å². The van der Waals surface area contributed by atoms with Gasteiger partial charge in [0.25, 0.3) is 0 Å². The second-order valence-electron chi connectivity index (χ2n) is 6.51. The van der Waals surface area contributed by atoms with Crippen LogP contribution in [0.5, 0.6) is 0 Å². The maximum absolute atomic E-state index is 4.72. The van der Waals surface area contributed by atoms with Crippen molar-refractivity contribution < 1.29 is 0 Å². The summed E-state index contributed by atoms with van der Waals surface area (Å²) in [7, 11) is 2.08. The third-order valence-corrected chi connectivity index (χ3v) is 4.57. The lowest BCUT2D eigenvalue weighted by Gasteiger charge is -2.20. The molecule has 2 rings (SSSR count). The maximum atomic E-state index is 4.72. The van der Waals surface area contributed by atoms with E-state index in [0.717, 1.165) is 17.4 Å². The zero-order valence-electron chi connectivity index (χ0n) is 13.8. The highest BCUT2D eigenvalue weighted by molar-refractivity contribution is 7.15. The van der Waals surface area contributed by atoms with E-state index >= 15 is 0 Å². The third kappa shape index (κ3) is 4.29. The molecule has 1 heterocycles. The van der Waals surface area contributed by atoms with E-state index in [1.165, 1.54) is 16.1 Å². The highest BCUT2D eigenvalue weighted by Gasteiger charge is 2.15. The minimum Gasteiger partial charge on any atom is -0.321 e. The second-order valence-corrected chi connectivity index (χ2v) is 7.57. The van der Waals surface area contributed by atoms with Crippen LogP contribution in [0.1, 0.15) is 36.9 Å². The second kappa shape index (κ2) is 6.16. The average molecular weight is 303 g/mol. The van der Waals surface area contributed by atoms with Gasteiger partial charge in [-0.25, -0.2) is 4.98 Å². The van der Waals surface area contributed by atoms with Crippen molar-refractivity contribution in [1.29, 1.82) is 0 Å². The summed E-state index contributed by atoms with van der Waals surface area (Å²) in [5.41, 5.74) is 3.69. The Kier molecular flexibility index (Phi) is 4.69. The van der Waals surface area contributed by atoms with Gasteiger partial charge in [0.1, 0.15) is 0 Å². The molecular formula is C17H25N3S. The first-order valence-electron chi connectivity index (χ1n) is 7.28. The fourth-order valence-corrected chi connectivity index (χ4v) is 3.00. The number of nitrogens with zero attached hydrogens (tertiary/aromatic N) is 2. The van der Waals surface area contributed by atoms with E-state index in [1.807, 2.05) is 0 Å². The zero-order chi connectivity index (χ0) is 15.6. The lowest BCUT2D eigenvalue weighted by molar-refractivity contribution is 0.425. The van der Waals surface area contributed by atoms with Crippen molar-refractivity contribution >= 4 is 22.2 Å². The fraction of sp³-hybridized carbons (Fsp3) is 0.471. The SMILES string of the molecule is Cc1cccc(N(C)c2nc(C)c(CNC(C)(C)C)s2)c1. The van der Waals surface area contributed by atoms with Crippen LogP contribution in [-0.2, 0) is 6.54 Å². The Hall–Kier alpha value is -1.39. The largest absolute Gasteiger partial charge is 0.321 e. The predicted octanol–water partition coefficient (Wildman–Crippen LogP) is 4.42. The number of anilines is 2. The lowest BCUT2D eigenvalue weighted by Crippen LogP contribution is -2.34. The first-order valence-corrected chi connectivity index (χ1v) is 8.09. The maximum Gasteiger partial charge on any atom is 0.190 e. The molecule has 1 N–H and O–H groups in total. The molecule has 1 aromatic heterocycles. The first-order chi connectivity index (χ1) is 9.76. The average Bonchev–Trinajstić information content (AvgIpc) is 2.76. The molecule has 0 fully saturated rings. The summed E-state index contributed by atoms with van der Waals surface area (Å²) < 4.78 is 0. The topological polar surface area (TPSA) is 28.2 Å². The molecule has 1 aromatic carbocycles. The summed E-state index contributed by atoms with van der Waals surface area (Å²) in [6, 6.07) is 8.51. The van der Waals surface area contributed by atoms with Crippen LogP contribution in [-0.4, -0.2) is 17.6 Å². The van der Waals surface area contributed by atoms with Crippen LogP contribution in [0.4, 0.5) is 10.8 Å². The van der Waals surface area contributed by atoms with Gasteiger partial charge < -0.3 is 10.2 Å². The van der Waals surface area contributed by atoms with Gasteiger partial charge in [-0.1, -0.05) is 23.5 Å².